The van der Waals surface area contributed by atoms with Gasteiger partial charge in [0.15, 0.2) is 17.3 Å². The second kappa shape index (κ2) is 7.79. The molecule has 4 rings (SSSR count). The van der Waals surface area contributed by atoms with E-state index in [0.29, 0.717) is 45.0 Å². The minimum Gasteiger partial charge on any atom is -0.490 e. The van der Waals surface area contributed by atoms with Crippen LogP contribution in [-0.2, 0) is 16.1 Å². The van der Waals surface area contributed by atoms with Crippen molar-refractivity contribution in [3.63, 3.8) is 0 Å². The Labute approximate surface area is 157 Å². The Morgan fingerprint density at radius 1 is 1.15 bits per heavy atom. The average molecular weight is 370 g/mol. The highest BCUT2D eigenvalue weighted by molar-refractivity contribution is 6.08. The molecule has 1 amide bonds. The molecule has 0 fully saturated rings. The van der Waals surface area contributed by atoms with E-state index in [1.54, 1.807) is 17.9 Å². The van der Waals surface area contributed by atoms with Crippen LogP contribution in [0.4, 0.5) is 5.82 Å². The maximum atomic E-state index is 12.4. The molecule has 2 aromatic rings. The lowest BCUT2D eigenvalue weighted by atomic mass is 10.0. The first kappa shape index (κ1) is 17.5. The van der Waals surface area contributed by atoms with Crippen molar-refractivity contribution in [2.24, 2.45) is 5.10 Å². The minimum absolute atomic E-state index is 0.0647. The van der Waals surface area contributed by atoms with E-state index in [1.165, 1.54) is 5.01 Å². The van der Waals surface area contributed by atoms with Gasteiger partial charge in [0.2, 0.25) is 5.91 Å². The molecule has 0 spiro atoms. The number of amides is 1. The SMILES string of the molecule is COCCn1ccc(N2N=C(c3ccc4c(c3)OCCCO4)CCC2=O)n1. The summed E-state index contributed by atoms with van der Waals surface area (Å²) in [5, 5.41) is 10.4. The highest BCUT2D eigenvalue weighted by Gasteiger charge is 2.25. The molecule has 0 N–H and O–H groups in total. The largest absolute Gasteiger partial charge is 0.490 e. The molecule has 142 valence electrons. The van der Waals surface area contributed by atoms with E-state index in [-0.39, 0.29) is 5.91 Å². The molecular weight excluding hydrogens is 348 g/mol. The Kier molecular flexibility index (Phi) is 5.06. The Bertz CT molecular complexity index is 861. The summed E-state index contributed by atoms with van der Waals surface area (Å²) in [6.07, 6.45) is 3.65. The van der Waals surface area contributed by atoms with Gasteiger partial charge in [-0.15, -0.1) is 0 Å². The van der Waals surface area contributed by atoms with Crippen molar-refractivity contribution in [3.8, 4) is 11.5 Å². The quantitative estimate of drug-likeness (QED) is 0.806. The fourth-order valence-corrected chi connectivity index (χ4v) is 3.05. The van der Waals surface area contributed by atoms with Crippen molar-refractivity contribution in [3.05, 3.63) is 36.0 Å². The number of fused-ring (bicyclic) bond motifs is 1. The summed E-state index contributed by atoms with van der Waals surface area (Å²) < 4.78 is 18.2. The molecule has 8 heteroatoms. The van der Waals surface area contributed by atoms with E-state index in [9.17, 15) is 4.79 Å². The van der Waals surface area contributed by atoms with Crippen molar-refractivity contribution in [1.82, 2.24) is 9.78 Å². The highest BCUT2D eigenvalue weighted by atomic mass is 16.5. The first-order valence-corrected chi connectivity index (χ1v) is 9.07. The topological polar surface area (TPSA) is 78.2 Å². The van der Waals surface area contributed by atoms with E-state index in [2.05, 4.69) is 10.2 Å². The number of anilines is 1. The third kappa shape index (κ3) is 3.80. The van der Waals surface area contributed by atoms with Gasteiger partial charge < -0.3 is 14.2 Å². The van der Waals surface area contributed by atoms with Crippen LogP contribution in [0.15, 0.2) is 35.6 Å². The van der Waals surface area contributed by atoms with Crippen molar-refractivity contribution in [2.75, 3.05) is 31.9 Å². The third-order valence-electron chi connectivity index (χ3n) is 4.48. The number of methoxy groups -OCH3 is 1. The number of rotatable bonds is 5. The number of ether oxygens (including phenoxy) is 3. The fourth-order valence-electron chi connectivity index (χ4n) is 3.05. The maximum Gasteiger partial charge on any atom is 0.249 e. The number of nitrogens with zero attached hydrogens (tertiary/aromatic N) is 4. The molecule has 0 saturated heterocycles. The molecule has 27 heavy (non-hydrogen) atoms. The van der Waals surface area contributed by atoms with E-state index in [1.807, 2.05) is 24.4 Å². The molecule has 1 aromatic heterocycles. The monoisotopic (exact) mass is 370 g/mol. The third-order valence-corrected chi connectivity index (χ3v) is 4.48. The molecule has 8 nitrogen and oxygen atoms in total. The molecule has 2 aliphatic heterocycles. The van der Waals surface area contributed by atoms with Crippen LogP contribution in [0.2, 0.25) is 0 Å². The van der Waals surface area contributed by atoms with Crippen LogP contribution in [0.1, 0.15) is 24.8 Å². The van der Waals surface area contributed by atoms with Gasteiger partial charge in [-0.2, -0.15) is 15.2 Å². The molecule has 0 saturated carbocycles. The van der Waals surface area contributed by atoms with Crippen LogP contribution in [-0.4, -0.2) is 48.3 Å². The standard InChI is InChI=1S/C19H22N4O4/c1-25-12-9-22-8-7-18(21-22)23-19(24)6-4-15(20-23)14-3-5-16-17(13-14)27-11-2-10-26-16/h3,5,7-8,13H,2,4,6,9-12H2,1H3. The normalized spacial score (nSPS) is 16.9. The van der Waals surface area contributed by atoms with Gasteiger partial charge in [-0.1, -0.05) is 0 Å². The van der Waals surface area contributed by atoms with Gasteiger partial charge in [-0.05, 0) is 18.2 Å². The van der Waals surface area contributed by atoms with Gasteiger partial charge in [0.25, 0.3) is 0 Å². The van der Waals surface area contributed by atoms with Crippen LogP contribution in [0.25, 0.3) is 0 Å². The van der Waals surface area contributed by atoms with Crippen LogP contribution < -0.4 is 14.5 Å². The van der Waals surface area contributed by atoms with Gasteiger partial charge in [-0.25, -0.2) is 0 Å². The summed E-state index contributed by atoms with van der Waals surface area (Å²) in [7, 11) is 1.64. The van der Waals surface area contributed by atoms with Crippen molar-refractivity contribution < 1.29 is 19.0 Å². The maximum absolute atomic E-state index is 12.4. The number of carbonyl (C=O) groups is 1. The molecule has 0 atom stereocenters. The van der Waals surface area contributed by atoms with Crippen molar-refractivity contribution in [2.45, 2.75) is 25.8 Å². The van der Waals surface area contributed by atoms with Gasteiger partial charge >= 0.3 is 0 Å². The summed E-state index contributed by atoms with van der Waals surface area (Å²) in [4.78, 5) is 12.4. The molecule has 3 heterocycles. The van der Waals surface area contributed by atoms with Gasteiger partial charge in [0.05, 0.1) is 32.1 Å². The van der Waals surface area contributed by atoms with E-state index in [4.69, 9.17) is 14.2 Å². The first-order chi connectivity index (χ1) is 13.2. The van der Waals surface area contributed by atoms with Crippen LogP contribution in [0.3, 0.4) is 0 Å². The summed E-state index contributed by atoms with van der Waals surface area (Å²) in [5.74, 6) is 1.92. The van der Waals surface area contributed by atoms with Gasteiger partial charge in [-0.3, -0.25) is 9.48 Å². The summed E-state index contributed by atoms with van der Waals surface area (Å²) in [6, 6.07) is 7.58. The van der Waals surface area contributed by atoms with E-state index >= 15 is 0 Å². The molecule has 0 unspecified atom stereocenters. The number of benzene rings is 1. The van der Waals surface area contributed by atoms with Crippen molar-refractivity contribution >= 4 is 17.4 Å². The molecule has 2 aliphatic rings. The lowest BCUT2D eigenvalue weighted by molar-refractivity contribution is -0.118. The fraction of sp³-hybridized carbons (Fsp3) is 0.421. The molecule has 0 bridgehead atoms. The first-order valence-electron chi connectivity index (χ1n) is 9.07. The summed E-state index contributed by atoms with van der Waals surface area (Å²) in [5.41, 5.74) is 1.76. The van der Waals surface area contributed by atoms with Crippen molar-refractivity contribution in [1.29, 1.82) is 0 Å². The number of carbonyl (C=O) groups excluding carboxylic acids is 1. The van der Waals surface area contributed by atoms with Gasteiger partial charge in [0, 0.05) is 44.2 Å². The van der Waals surface area contributed by atoms with Crippen LogP contribution in [0.5, 0.6) is 11.5 Å². The zero-order valence-electron chi connectivity index (χ0n) is 15.3. The Morgan fingerprint density at radius 2 is 2.00 bits per heavy atom. The zero-order chi connectivity index (χ0) is 18.6. The predicted octanol–water partition coefficient (Wildman–Crippen LogP) is 2.22. The molecule has 0 aliphatic carbocycles. The number of hydrogen-bond donors (Lipinski definition) is 0. The Hall–Kier alpha value is -2.87. The van der Waals surface area contributed by atoms with E-state index < -0.39 is 0 Å². The average Bonchev–Trinajstić information content (AvgIpc) is 3.03. The summed E-state index contributed by atoms with van der Waals surface area (Å²) in [6.45, 7) is 2.46. The minimum atomic E-state index is -0.0647. The molecular formula is C19H22N4O4. The Morgan fingerprint density at radius 3 is 2.85 bits per heavy atom. The van der Waals surface area contributed by atoms with Gasteiger partial charge in [0.1, 0.15) is 0 Å². The lowest BCUT2D eigenvalue weighted by Gasteiger charge is -2.22. The van der Waals surface area contributed by atoms with Crippen LogP contribution in [0, 0.1) is 0 Å². The smallest absolute Gasteiger partial charge is 0.249 e. The molecule has 0 radical (unpaired) electrons. The number of hydrogen-bond acceptors (Lipinski definition) is 6. The van der Waals surface area contributed by atoms with E-state index in [0.717, 1.165) is 29.2 Å². The number of aromatic nitrogens is 2. The van der Waals surface area contributed by atoms with Crippen LogP contribution >= 0.6 is 0 Å². The lowest BCUT2D eigenvalue weighted by Crippen LogP contribution is -2.32. The number of hydrazone groups is 1. The second-order valence-electron chi connectivity index (χ2n) is 6.39. The Balaban J connectivity index is 1.60. The zero-order valence-corrected chi connectivity index (χ0v) is 15.3. The molecule has 1 aromatic carbocycles. The second-order valence-corrected chi connectivity index (χ2v) is 6.39. The highest BCUT2D eigenvalue weighted by Crippen LogP contribution is 2.32. The predicted molar refractivity (Wildman–Crippen MR) is 99.4 cm³/mol. The summed E-state index contributed by atoms with van der Waals surface area (Å²) >= 11 is 0.